The van der Waals surface area contributed by atoms with Crippen LogP contribution in [0, 0.1) is 18.8 Å². The van der Waals surface area contributed by atoms with Crippen molar-refractivity contribution < 1.29 is 4.79 Å². The summed E-state index contributed by atoms with van der Waals surface area (Å²) in [4.78, 5) is 11.7. The van der Waals surface area contributed by atoms with Crippen LogP contribution in [-0.2, 0) is 0 Å². The maximum absolute atomic E-state index is 11.7. The third-order valence-electron chi connectivity index (χ3n) is 2.25. The van der Waals surface area contributed by atoms with Crippen LogP contribution in [0.25, 0.3) is 0 Å². The van der Waals surface area contributed by atoms with Gasteiger partial charge in [0, 0.05) is 24.2 Å². The SMILES string of the molecule is CC#CCCNC(=O)c1ccc(C)c(N)c1. The van der Waals surface area contributed by atoms with E-state index in [1.807, 2.05) is 13.0 Å². The van der Waals surface area contributed by atoms with E-state index in [4.69, 9.17) is 5.73 Å². The number of aryl methyl sites for hydroxylation is 1. The van der Waals surface area contributed by atoms with Gasteiger partial charge in [0.1, 0.15) is 0 Å². The van der Waals surface area contributed by atoms with Gasteiger partial charge in [0.05, 0.1) is 0 Å². The molecular formula is C13H16N2O. The fourth-order valence-electron chi connectivity index (χ4n) is 1.25. The molecule has 3 heteroatoms. The van der Waals surface area contributed by atoms with Crippen molar-refractivity contribution in [1.29, 1.82) is 0 Å². The van der Waals surface area contributed by atoms with Crippen LogP contribution in [0.1, 0.15) is 29.3 Å². The zero-order valence-electron chi connectivity index (χ0n) is 9.63. The number of carbonyl (C=O) groups excluding carboxylic acids is 1. The Labute approximate surface area is 96.0 Å². The number of carbonyl (C=O) groups is 1. The van der Waals surface area contributed by atoms with Gasteiger partial charge in [-0.05, 0) is 31.5 Å². The minimum absolute atomic E-state index is 0.107. The third kappa shape index (κ3) is 3.32. The Morgan fingerprint density at radius 3 is 2.88 bits per heavy atom. The molecule has 1 amide bonds. The van der Waals surface area contributed by atoms with Gasteiger partial charge in [-0.2, -0.15) is 0 Å². The van der Waals surface area contributed by atoms with Gasteiger partial charge in [0.15, 0.2) is 0 Å². The molecule has 0 unspecified atom stereocenters. The van der Waals surface area contributed by atoms with E-state index in [2.05, 4.69) is 17.2 Å². The van der Waals surface area contributed by atoms with Gasteiger partial charge >= 0.3 is 0 Å². The summed E-state index contributed by atoms with van der Waals surface area (Å²) in [6.45, 7) is 4.25. The molecule has 1 rings (SSSR count). The van der Waals surface area contributed by atoms with Crippen LogP contribution in [0.2, 0.25) is 0 Å². The summed E-state index contributed by atoms with van der Waals surface area (Å²) >= 11 is 0. The van der Waals surface area contributed by atoms with Gasteiger partial charge in [-0.25, -0.2) is 0 Å². The van der Waals surface area contributed by atoms with Crippen LogP contribution in [0.4, 0.5) is 5.69 Å². The molecule has 1 aromatic carbocycles. The summed E-state index contributed by atoms with van der Waals surface area (Å²) in [6, 6.07) is 5.30. The number of nitrogens with two attached hydrogens (primary N) is 1. The van der Waals surface area contributed by atoms with Crippen LogP contribution < -0.4 is 11.1 Å². The predicted molar refractivity (Wildman–Crippen MR) is 66.0 cm³/mol. The maximum Gasteiger partial charge on any atom is 0.251 e. The first-order chi connectivity index (χ1) is 7.65. The first kappa shape index (κ1) is 12.1. The second-order valence-electron chi connectivity index (χ2n) is 3.50. The Morgan fingerprint density at radius 2 is 2.25 bits per heavy atom. The highest BCUT2D eigenvalue weighted by atomic mass is 16.1. The van der Waals surface area contributed by atoms with Crippen LogP contribution in [-0.4, -0.2) is 12.5 Å². The average molecular weight is 216 g/mol. The Balaban J connectivity index is 2.58. The molecule has 0 saturated carbocycles. The topological polar surface area (TPSA) is 55.1 Å². The predicted octanol–water partition coefficient (Wildman–Crippen LogP) is 1.72. The van der Waals surface area contributed by atoms with Gasteiger partial charge in [-0.1, -0.05) is 6.07 Å². The summed E-state index contributed by atoms with van der Waals surface area (Å²) < 4.78 is 0. The Kier molecular flexibility index (Phi) is 4.41. The van der Waals surface area contributed by atoms with Gasteiger partial charge in [0.2, 0.25) is 0 Å². The molecule has 84 valence electrons. The highest BCUT2D eigenvalue weighted by Gasteiger charge is 2.05. The Hall–Kier alpha value is -1.95. The van der Waals surface area contributed by atoms with E-state index in [1.54, 1.807) is 19.1 Å². The number of nitrogen functional groups attached to an aromatic ring is 1. The second-order valence-corrected chi connectivity index (χ2v) is 3.50. The van der Waals surface area contributed by atoms with Crippen molar-refractivity contribution in [3.63, 3.8) is 0 Å². The van der Waals surface area contributed by atoms with E-state index in [0.29, 0.717) is 24.2 Å². The average Bonchev–Trinajstić information content (AvgIpc) is 2.28. The molecule has 0 aliphatic heterocycles. The van der Waals surface area contributed by atoms with Crippen LogP contribution in [0.3, 0.4) is 0 Å². The van der Waals surface area contributed by atoms with Crippen LogP contribution >= 0.6 is 0 Å². The minimum atomic E-state index is -0.107. The maximum atomic E-state index is 11.7. The highest BCUT2D eigenvalue weighted by molar-refractivity contribution is 5.95. The van der Waals surface area contributed by atoms with Gasteiger partial charge in [-0.3, -0.25) is 4.79 Å². The number of benzene rings is 1. The summed E-state index contributed by atoms with van der Waals surface area (Å²) in [5.41, 5.74) is 7.94. The molecular weight excluding hydrogens is 200 g/mol. The zero-order chi connectivity index (χ0) is 12.0. The molecule has 0 aliphatic rings. The fourth-order valence-corrected chi connectivity index (χ4v) is 1.25. The van der Waals surface area contributed by atoms with E-state index in [0.717, 1.165) is 5.56 Å². The summed E-state index contributed by atoms with van der Waals surface area (Å²) in [6.07, 6.45) is 0.670. The van der Waals surface area contributed by atoms with Crippen LogP contribution in [0.15, 0.2) is 18.2 Å². The molecule has 0 bridgehead atoms. The van der Waals surface area contributed by atoms with E-state index in [-0.39, 0.29) is 5.91 Å². The number of hydrogen-bond acceptors (Lipinski definition) is 2. The molecule has 0 radical (unpaired) electrons. The van der Waals surface area contributed by atoms with Gasteiger partial charge in [0.25, 0.3) is 5.91 Å². The number of anilines is 1. The monoisotopic (exact) mass is 216 g/mol. The normalized spacial score (nSPS) is 9.12. The quantitative estimate of drug-likeness (QED) is 0.459. The molecule has 0 fully saturated rings. The smallest absolute Gasteiger partial charge is 0.251 e. The van der Waals surface area contributed by atoms with E-state index in [9.17, 15) is 4.79 Å². The number of amides is 1. The summed E-state index contributed by atoms with van der Waals surface area (Å²) in [5, 5.41) is 2.78. The third-order valence-corrected chi connectivity index (χ3v) is 2.25. The molecule has 0 aliphatic carbocycles. The van der Waals surface area contributed by atoms with Crippen molar-refractivity contribution >= 4 is 11.6 Å². The van der Waals surface area contributed by atoms with Crippen molar-refractivity contribution in [2.45, 2.75) is 20.3 Å². The molecule has 0 atom stereocenters. The van der Waals surface area contributed by atoms with Crippen LogP contribution in [0.5, 0.6) is 0 Å². The lowest BCUT2D eigenvalue weighted by Crippen LogP contribution is -2.24. The van der Waals surface area contributed by atoms with Crippen molar-refractivity contribution in [3.05, 3.63) is 29.3 Å². The van der Waals surface area contributed by atoms with Crippen molar-refractivity contribution in [2.75, 3.05) is 12.3 Å². The Morgan fingerprint density at radius 1 is 1.50 bits per heavy atom. The van der Waals surface area contributed by atoms with Gasteiger partial charge < -0.3 is 11.1 Å². The standard InChI is InChI=1S/C13H16N2O/c1-3-4-5-8-15-13(16)11-7-6-10(2)12(14)9-11/h6-7,9H,5,8,14H2,1-2H3,(H,15,16). The largest absolute Gasteiger partial charge is 0.398 e. The first-order valence-corrected chi connectivity index (χ1v) is 5.19. The molecule has 0 aromatic heterocycles. The lowest BCUT2D eigenvalue weighted by Gasteiger charge is -2.05. The molecule has 0 saturated heterocycles. The number of hydrogen-bond donors (Lipinski definition) is 2. The zero-order valence-corrected chi connectivity index (χ0v) is 9.63. The molecule has 16 heavy (non-hydrogen) atoms. The number of nitrogens with one attached hydrogen (secondary N) is 1. The Bertz CT molecular complexity index is 441. The van der Waals surface area contributed by atoms with E-state index < -0.39 is 0 Å². The van der Waals surface area contributed by atoms with E-state index >= 15 is 0 Å². The second kappa shape index (κ2) is 5.82. The van der Waals surface area contributed by atoms with E-state index in [1.165, 1.54) is 0 Å². The molecule has 3 N–H and O–H groups in total. The summed E-state index contributed by atoms with van der Waals surface area (Å²) in [7, 11) is 0. The molecule has 1 aromatic rings. The van der Waals surface area contributed by atoms with Crippen molar-refractivity contribution in [1.82, 2.24) is 5.32 Å². The fraction of sp³-hybridized carbons (Fsp3) is 0.308. The van der Waals surface area contributed by atoms with Crippen molar-refractivity contribution in [3.8, 4) is 11.8 Å². The lowest BCUT2D eigenvalue weighted by molar-refractivity contribution is 0.0954. The first-order valence-electron chi connectivity index (χ1n) is 5.19. The number of rotatable bonds is 3. The minimum Gasteiger partial charge on any atom is -0.398 e. The molecule has 0 spiro atoms. The summed E-state index contributed by atoms with van der Waals surface area (Å²) in [5.74, 6) is 5.56. The lowest BCUT2D eigenvalue weighted by atomic mass is 10.1. The molecule has 3 nitrogen and oxygen atoms in total. The van der Waals surface area contributed by atoms with Crippen molar-refractivity contribution in [2.24, 2.45) is 0 Å². The highest BCUT2D eigenvalue weighted by Crippen LogP contribution is 2.12. The molecule has 0 heterocycles. The van der Waals surface area contributed by atoms with Gasteiger partial charge in [-0.15, -0.1) is 11.8 Å².